The van der Waals surface area contributed by atoms with Crippen LogP contribution in [-0.4, -0.2) is 14.3 Å². The third kappa shape index (κ3) is 2.16. The molecule has 2 nitrogen and oxygen atoms in total. The number of fused-ring (bicyclic) bond motifs is 1. The van der Waals surface area contributed by atoms with Gasteiger partial charge >= 0.3 is 0 Å². The molecule has 1 aliphatic rings. The van der Waals surface area contributed by atoms with Crippen molar-refractivity contribution in [1.29, 1.82) is 0 Å². The summed E-state index contributed by atoms with van der Waals surface area (Å²) >= 11 is 11.8. The predicted molar refractivity (Wildman–Crippen MR) is 85.6 cm³/mol. The molecule has 0 radical (unpaired) electrons. The fraction of sp³-hybridized carbons (Fsp3) is 0. The number of para-hydroxylation sites is 1. The molecule has 5 heteroatoms. The van der Waals surface area contributed by atoms with E-state index in [1.165, 1.54) is 11.8 Å². The van der Waals surface area contributed by atoms with E-state index in [1.807, 2.05) is 30.5 Å². The van der Waals surface area contributed by atoms with Gasteiger partial charge in [0.25, 0.3) is 0 Å². The minimum Gasteiger partial charge on any atom is -0.331 e. The van der Waals surface area contributed by atoms with Gasteiger partial charge in [0.1, 0.15) is 9.31 Å². The third-order valence-corrected chi connectivity index (χ3v) is 4.24. The van der Waals surface area contributed by atoms with Crippen LogP contribution in [0.5, 0.6) is 0 Å². The Hall–Kier alpha value is -1.30. The molecule has 18 heavy (non-hydrogen) atoms. The first kappa shape index (κ1) is 11.8. The van der Waals surface area contributed by atoms with E-state index in [4.69, 9.17) is 24.4 Å². The second-order valence-electron chi connectivity index (χ2n) is 3.77. The predicted octanol–water partition coefficient (Wildman–Crippen LogP) is 3.52. The number of rotatable bonds is 1. The zero-order valence-corrected chi connectivity index (χ0v) is 11.7. The molecule has 3 rings (SSSR count). The van der Waals surface area contributed by atoms with Crippen LogP contribution < -0.4 is 5.32 Å². The van der Waals surface area contributed by atoms with Gasteiger partial charge in [-0.2, -0.15) is 0 Å². The molecule has 0 unspecified atom stereocenters. The fourth-order valence-electron chi connectivity index (χ4n) is 1.81. The van der Waals surface area contributed by atoms with Crippen molar-refractivity contribution >= 4 is 62.5 Å². The van der Waals surface area contributed by atoms with Gasteiger partial charge in [-0.25, -0.2) is 0 Å². The summed E-state index contributed by atoms with van der Waals surface area (Å²) in [6.07, 6.45) is 3.87. The maximum atomic E-state index is 5.24. The average Bonchev–Trinajstić information content (AvgIpc) is 2.68. The van der Waals surface area contributed by atoms with Crippen molar-refractivity contribution in [3.63, 3.8) is 0 Å². The Kier molecular flexibility index (Phi) is 3.11. The second kappa shape index (κ2) is 4.76. The Bertz CT molecular complexity index is 686. The minimum absolute atomic E-state index is 0.700. The third-order valence-electron chi connectivity index (χ3n) is 2.61. The van der Waals surface area contributed by atoms with Gasteiger partial charge in [0, 0.05) is 16.5 Å². The highest BCUT2D eigenvalue weighted by Gasteiger charge is 2.18. The summed E-state index contributed by atoms with van der Waals surface area (Å²) in [7, 11) is 0. The summed E-state index contributed by atoms with van der Waals surface area (Å²) in [5, 5.41) is 4.10. The van der Waals surface area contributed by atoms with E-state index in [9.17, 15) is 0 Å². The normalized spacial score (nSPS) is 17.4. The molecule has 1 fully saturated rings. The maximum Gasteiger partial charge on any atom is 0.143 e. The van der Waals surface area contributed by atoms with Crippen LogP contribution in [0.1, 0.15) is 5.56 Å². The number of pyridine rings is 1. The monoisotopic (exact) mass is 288 g/mol. The standard InChI is InChI=1S/C13H8N2S3/c16-12-11(18-13(17)15-12)7-8-5-6-14-10-4-2-1-3-9(8)10/h1-7H,(H,15,16,17)/b11-7-. The first-order valence-corrected chi connectivity index (χ1v) is 6.96. The van der Waals surface area contributed by atoms with Gasteiger partial charge < -0.3 is 5.32 Å². The topological polar surface area (TPSA) is 24.9 Å². The summed E-state index contributed by atoms with van der Waals surface area (Å²) < 4.78 is 0.713. The molecule has 0 spiro atoms. The van der Waals surface area contributed by atoms with Crippen LogP contribution >= 0.6 is 36.2 Å². The molecule has 88 valence electrons. The zero-order valence-electron chi connectivity index (χ0n) is 9.21. The van der Waals surface area contributed by atoms with Crippen LogP contribution in [0.3, 0.4) is 0 Å². The number of aromatic nitrogens is 1. The van der Waals surface area contributed by atoms with Crippen LogP contribution in [0.4, 0.5) is 0 Å². The van der Waals surface area contributed by atoms with Gasteiger partial charge in [0.2, 0.25) is 0 Å². The summed E-state index contributed by atoms with van der Waals surface area (Å²) in [5.74, 6) is 0. The molecule has 0 bridgehead atoms. The van der Waals surface area contributed by atoms with Gasteiger partial charge in [0.05, 0.1) is 5.52 Å². The number of hydrogen-bond donors (Lipinski definition) is 1. The lowest BCUT2D eigenvalue weighted by molar-refractivity contribution is 1.41. The van der Waals surface area contributed by atoms with Crippen molar-refractivity contribution in [1.82, 2.24) is 10.3 Å². The van der Waals surface area contributed by atoms with Crippen molar-refractivity contribution in [3.8, 4) is 0 Å². The Morgan fingerprint density at radius 1 is 1.17 bits per heavy atom. The van der Waals surface area contributed by atoms with Crippen molar-refractivity contribution in [3.05, 3.63) is 47.0 Å². The van der Waals surface area contributed by atoms with Crippen LogP contribution in [0.2, 0.25) is 0 Å². The zero-order chi connectivity index (χ0) is 12.5. The van der Waals surface area contributed by atoms with Gasteiger partial charge in [-0.1, -0.05) is 54.4 Å². The van der Waals surface area contributed by atoms with Gasteiger partial charge in [0.15, 0.2) is 0 Å². The van der Waals surface area contributed by atoms with E-state index < -0.39 is 0 Å². The quantitative estimate of drug-likeness (QED) is 0.639. The molecule has 2 aromatic rings. The molecule has 1 N–H and O–H groups in total. The summed E-state index contributed by atoms with van der Waals surface area (Å²) in [5.41, 5.74) is 2.09. The number of thioether (sulfide) groups is 1. The molecule has 0 atom stereocenters. The number of nitrogens with zero attached hydrogens (tertiary/aromatic N) is 1. The van der Waals surface area contributed by atoms with Crippen LogP contribution in [0.15, 0.2) is 41.4 Å². The summed E-state index contributed by atoms with van der Waals surface area (Å²) in [6, 6.07) is 10.0. The molecule has 0 saturated carbocycles. The van der Waals surface area contributed by atoms with Gasteiger partial charge in [-0.3, -0.25) is 4.98 Å². The average molecular weight is 288 g/mol. The number of nitrogens with one attached hydrogen (secondary N) is 1. The lowest BCUT2D eigenvalue weighted by Gasteiger charge is -2.02. The number of thiocarbonyl (C=S) groups is 2. The fourth-order valence-corrected chi connectivity index (χ4v) is 3.28. The first-order chi connectivity index (χ1) is 8.74. The molecule has 0 amide bonds. The van der Waals surface area contributed by atoms with E-state index in [0.29, 0.717) is 9.31 Å². The molecule has 1 aromatic carbocycles. The summed E-state index contributed by atoms with van der Waals surface area (Å²) in [6.45, 7) is 0. The van der Waals surface area contributed by atoms with Crippen LogP contribution in [0.25, 0.3) is 17.0 Å². The highest BCUT2D eigenvalue weighted by molar-refractivity contribution is 8.27. The Morgan fingerprint density at radius 3 is 2.78 bits per heavy atom. The number of hydrogen-bond acceptors (Lipinski definition) is 4. The largest absolute Gasteiger partial charge is 0.331 e. The van der Waals surface area contributed by atoms with E-state index in [0.717, 1.165) is 21.4 Å². The van der Waals surface area contributed by atoms with Crippen molar-refractivity contribution in [2.24, 2.45) is 0 Å². The number of benzene rings is 1. The van der Waals surface area contributed by atoms with E-state index in [1.54, 1.807) is 0 Å². The summed E-state index contributed by atoms with van der Waals surface area (Å²) in [4.78, 5) is 6.03. The highest BCUT2D eigenvalue weighted by atomic mass is 32.2. The molecule has 0 aliphatic carbocycles. The smallest absolute Gasteiger partial charge is 0.143 e. The van der Waals surface area contributed by atoms with Crippen LogP contribution in [-0.2, 0) is 0 Å². The molecule has 1 saturated heterocycles. The van der Waals surface area contributed by atoms with E-state index in [-0.39, 0.29) is 0 Å². The van der Waals surface area contributed by atoms with Gasteiger partial charge in [-0.05, 0) is 23.8 Å². The lowest BCUT2D eigenvalue weighted by atomic mass is 10.1. The molecule has 2 heterocycles. The Morgan fingerprint density at radius 2 is 2.00 bits per heavy atom. The molecular weight excluding hydrogens is 280 g/mol. The van der Waals surface area contributed by atoms with Crippen molar-refractivity contribution < 1.29 is 0 Å². The van der Waals surface area contributed by atoms with Crippen molar-refractivity contribution in [2.75, 3.05) is 0 Å². The van der Waals surface area contributed by atoms with Gasteiger partial charge in [-0.15, -0.1) is 0 Å². The Labute approximate surface area is 119 Å². The Balaban J connectivity index is 2.13. The minimum atomic E-state index is 0.700. The second-order valence-corrected chi connectivity index (χ2v) is 5.90. The first-order valence-electron chi connectivity index (χ1n) is 5.33. The SMILES string of the molecule is S=C1NC(=S)/C(=C/c2ccnc3ccccc23)S1. The van der Waals surface area contributed by atoms with E-state index in [2.05, 4.69) is 22.4 Å². The highest BCUT2D eigenvalue weighted by Crippen LogP contribution is 2.28. The molecule has 1 aliphatic heterocycles. The van der Waals surface area contributed by atoms with E-state index >= 15 is 0 Å². The maximum absolute atomic E-state index is 5.24. The lowest BCUT2D eigenvalue weighted by Crippen LogP contribution is -2.15. The molecule has 1 aromatic heterocycles. The van der Waals surface area contributed by atoms with Crippen LogP contribution in [0, 0.1) is 0 Å². The molecular formula is C13H8N2S3. The van der Waals surface area contributed by atoms with Crippen molar-refractivity contribution in [2.45, 2.75) is 0 Å².